The monoisotopic (exact) mass is 360 g/mol. The minimum Gasteiger partial charge on any atom is -0.380 e. The number of benzene rings is 2. The number of fused-ring (bicyclic) bond motifs is 3. The molecule has 0 radical (unpaired) electrons. The molecule has 0 amide bonds. The third-order valence-electron chi connectivity index (χ3n) is 4.31. The first-order chi connectivity index (χ1) is 10.3. The van der Waals surface area contributed by atoms with E-state index < -0.39 is 0 Å². The van der Waals surface area contributed by atoms with Gasteiger partial charge in [-0.25, -0.2) is 0 Å². The van der Waals surface area contributed by atoms with Crippen molar-refractivity contribution in [2.75, 3.05) is 18.4 Å². The number of halogens is 1. The van der Waals surface area contributed by atoms with Crippen molar-refractivity contribution in [1.82, 2.24) is 5.32 Å². The molecule has 0 spiro atoms. The Morgan fingerprint density at radius 2 is 1.95 bits per heavy atom. The van der Waals surface area contributed by atoms with Crippen LogP contribution in [0.4, 0.5) is 5.69 Å². The second kappa shape index (κ2) is 5.67. The zero-order valence-electron chi connectivity index (χ0n) is 11.6. The van der Waals surface area contributed by atoms with Crippen molar-refractivity contribution in [1.29, 1.82) is 0 Å². The van der Waals surface area contributed by atoms with Gasteiger partial charge in [-0.2, -0.15) is 0 Å². The first-order valence-corrected chi connectivity index (χ1v) is 8.96. The fraction of sp³-hybridized carbons (Fsp3) is 0.294. The van der Waals surface area contributed by atoms with E-state index in [0.29, 0.717) is 12.0 Å². The topological polar surface area (TPSA) is 24.1 Å². The van der Waals surface area contributed by atoms with Crippen LogP contribution in [0, 0.1) is 0 Å². The van der Waals surface area contributed by atoms with Gasteiger partial charge in [0.15, 0.2) is 0 Å². The van der Waals surface area contributed by atoms with E-state index in [0.717, 1.165) is 17.6 Å². The number of piperidine rings is 1. The number of rotatable bonds is 2. The normalized spacial score (nSPS) is 23.3. The molecule has 0 unspecified atom stereocenters. The summed E-state index contributed by atoms with van der Waals surface area (Å²) in [5, 5.41) is 7.29. The molecule has 108 valence electrons. The average molecular weight is 361 g/mol. The Morgan fingerprint density at radius 3 is 2.81 bits per heavy atom. The summed E-state index contributed by atoms with van der Waals surface area (Å²) >= 11 is 5.34. The van der Waals surface area contributed by atoms with Gasteiger partial charge in [0, 0.05) is 32.8 Å². The zero-order chi connectivity index (χ0) is 14.2. The predicted octanol–water partition coefficient (Wildman–Crippen LogP) is 4.47. The van der Waals surface area contributed by atoms with Gasteiger partial charge < -0.3 is 10.6 Å². The van der Waals surface area contributed by atoms with Gasteiger partial charge in [0.05, 0.1) is 5.69 Å². The van der Waals surface area contributed by atoms with Gasteiger partial charge in [-0.05, 0) is 48.9 Å². The molecule has 1 fully saturated rings. The van der Waals surface area contributed by atoms with Crippen LogP contribution in [-0.2, 0) is 0 Å². The quantitative estimate of drug-likeness (QED) is 0.825. The fourth-order valence-corrected chi connectivity index (χ4v) is 4.49. The third kappa shape index (κ3) is 2.60. The molecule has 2 nitrogen and oxygen atoms in total. The molecule has 0 bridgehead atoms. The SMILES string of the molecule is Brc1ccc(Sc2cccc3c2N[C@H]2CCNC[C@@H]32)cc1. The largest absolute Gasteiger partial charge is 0.380 e. The maximum atomic E-state index is 3.77. The standard InChI is InChI=1S/C17H17BrN2S/c18-11-4-6-12(7-5-11)21-16-3-1-2-13-14-10-19-9-8-15(14)20-17(13)16/h1-7,14-15,19-20H,8-10H2/t14-,15-/m0/s1. The summed E-state index contributed by atoms with van der Waals surface area (Å²) in [7, 11) is 0. The molecule has 1 saturated heterocycles. The van der Waals surface area contributed by atoms with Gasteiger partial charge in [-0.15, -0.1) is 0 Å². The number of hydrogen-bond acceptors (Lipinski definition) is 3. The molecular formula is C17H17BrN2S. The lowest BCUT2D eigenvalue weighted by Gasteiger charge is -2.26. The van der Waals surface area contributed by atoms with Crippen molar-refractivity contribution in [3.8, 4) is 0 Å². The lowest BCUT2D eigenvalue weighted by Crippen LogP contribution is -2.38. The molecule has 2 aromatic rings. The van der Waals surface area contributed by atoms with E-state index in [1.165, 1.54) is 27.5 Å². The Morgan fingerprint density at radius 1 is 1.10 bits per heavy atom. The van der Waals surface area contributed by atoms with Crippen LogP contribution in [0.25, 0.3) is 0 Å². The summed E-state index contributed by atoms with van der Waals surface area (Å²) in [6.07, 6.45) is 1.21. The lowest BCUT2D eigenvalue weighted by molar-refractivity contribution is 0.440. The molecule has 2 aromatic carbocycles. The van der Waals surface area contributed by atoms with E-state index in [1.807, 2.05) is 11.8 Å². The highest BCUT2D eigenvalue weighted by Crippen LogP contribution is 2.45. The Labute approximate surface area is 137 Å². The first-order valence-electron chi connectivity index (χ1n) is 7.35. The molecule has 2 N–H and O–H groups in total. The second-order valence-electron chi connectivity index (χ2n) is 5.63. The highest BCUT2D eigenvalue weighted by molar-refractivity contribution is 9.10. The van der Waals surface area contributed by atoms with Crippen molar-refractivity contribution in [2.24, 2.45) is 0 Å². The summed E-state index contributed by atoms with van der Waals surface area (Å²) in [5.41, 5.74) is 2.83. The molecule has 4 rings (SSSR count). The molecule has 2 heterocycles. The van der Waals surface area contributed by atoms with E-state index in [9.17, 15) is 0 Å². The van der Waals surface area contributed by atoms with Crippen LogP contribution < -0.4 is 10.6 Å². The summed E-state index contributed by atoms with van der Waals surface area (Å²) < 4.78 is 1.13. The van der Waals surface area contributed by atoms with Crippen molar-refractivity contribution in [3.05, 3.63) is 52.5 Å². The smallest absolute Gasteiger partial charge is 0.0521 e. The molecule has 2 aliphatic rings. The number of nitrogens with one attached hydrogen (secondary N) is 2. The lowest BCUT2D eigenvalue weighted by atomic mass is 9.91. The Hall–Kier alpha value is -0.970. The van der Waals surface area contributed by atoms with Gasteiger partial charge in [0.25, 0.3) is 0 Å². The number of hydrogen-bond donors (Lipinski definition) is 2. The minimum absolute atomic E-state index is 0.605. The fourth-order valence-electron chi connectivity index (χ4n) is 3.27. The molecule has 21 heavy (non-hydrogen) atoms. The van der Waals surface area contributed by atoms with Crippen molar-refractivity contribution < 1.29 is 0 Å². The van der Waals surface area contributed by atoms with Gasteiger partial charge in [0.1, 0.15) is 0 Å². The van der Waals surface area contributed by atoms with Crippen molar-refractivity contribution >= 4 is 33.4 Å². The number of anilines is 1. The van der Waals surface area contributed by atoms with Gasteiger partial charge >= 0.3 is 0 Å². The van der Waals surface area contributed by atoms with Crippen LogP contribution in [0.15, 0.2) is 56.7 Å². The average Bonchev–Trinajstić information content (AvgIpc) is 2.89. The van der Waals surface area contributed by atoms with Crippen LogP contribution in [0.5, 0.6) is 0 Å². The molecular weight excluding hydrogens is 344 g/mol. The molecule has 2 aliphatic heterocycles. The van der Waals surface area contributed by atoms with Crippen LogP contribution in [0.2, 0.25) is 0 Å². The molecule has 4 heteroatoms. The minimum atomic E-state index is 0.605. The Balaban J connectivity index is 1.66. The van der Waals surface area contributed by atoms with Gasteiger partial charge in [-0.1, -0.05) is 39.8 Å². The van der Waals surface area contributed by atoms with Crippen molar-refractivity contribution in [3.63, 3.8) is 0 Å². The van der Waals surface area contributed by atoms with E-state index >= 15 is 0 Å². The summed E-state index contributed by atoms with van der Waals surface area (Å²) in [4.78, 5) is 2.62. The van der Waals surface area contributed by atoms with Crippen LogP contribution in [-0.4, -0.2) is 19.1 Å². The second-order valence-corrected chi connectivity index (χ2v) is 7.66. The zero-order valence-corrected chi connectivity index (χ0v) is 14.0. The van der Waals surface area contributed by atoms with Crippen LogP contribution in [0.1, 0.15) is 17.9 Å². The van der Waals surface area contributed by atoms with E-state index in [1.54, 1.807) is 0 Å². The predicted molar refractivity (Wildman–Crippen MR) is 92.3 cm³/mol. The highest BCUT2D eigenvalue weighted by Gasteiger charge is 2.34. The number of para-hydroxylation sites is 1. The maximum Gasteiger partial charge on any atom is 0.0521 e. The molecule has 0 saturated carbocycles. The van der Waals surface area contributed by atoms with Gasteiger partial charge in [0.2, 0.25) is 0 Å². The third-order valence-corrected chi connectivity index (χ3v) is 5.91. The molecule has 0 aliphatic carbocycles. The summed E-state index contributed by atoms with van der Waals surface area (Å²) in [6, 6.07) is 15.8. The van der Waals surface area contributed by atoms with Crippen LogP contribution in [0.3, 0.4) is 0 Å². The molecule has 2 atom stereocenters. The maximum absolute atomic E-state index is 3.77. The summed E-state index contributed by atoms with van der Waals surface area (Å²) in [6.45, 7) is 2.22. The highest BCUT2D eigenvalue weighted by atomic mass is 79.9. The van der Waals surface area contributed by atoms with E-state index in [4.69, 9.17) is 0 Å². The van der Waals surface area contributed by atoms with Crippen molar-refractivity contribution in [2.45, 2.75) is 28.2 Å². The summed E-state index contributed by atoms with van der Waals surface area (Å²) in [5.74, 6) is 0.624. The first kappa shape index (κ1) is 13.7. The Bertz CT molecular complexity index is 656. The molecule has 0 aromatic heterocycles. The van der Waals surface area contributed by atoms with Crippen LogP contribution >= 0.6 is 27.7 Å². The van der Waals surface area contributed by atoms with E-state index in [-0.39, 0.29) is 0 Å². The Kier molecular flexibility index (Phi) is 3.69. The van der Waals surface area contributed by atoms with Gasteiger partial charge in [-0.3, -0.25) is 0 Å². The van der Waals surface area contributed by atoms with E-state index in [2.05, 4.69) is 69.0 Å².